The van der Waals surface area contributed by atoms with Crippen LogP contribution in [0.5, 0.6) is 0 Å². The van der Waals surface area contributed by atoms with Crippen molar-refractivity contribution in [2.24, 2.45) is 11.8 Å². The summed E-state index contributed by atoms with van der Waals surface area (Å²) < 4.78 is 0. The van der Waals surface area contributed by atoms with Crippen LogP contribution >= 0.6 is 0 Å². The normalized spacial score (nSPS) is 27.6. The second-order valence-corrected chi connectivity index (χ2v) is 7.03. The highest BCUT2D eigenvalue weighted by atomic mass is 16.4. The maximum atomic E-state index is 10.4. The molecule has 0 aliphatic heterocycles. The van der Waals surface area contributed by atoms with Gasteiger partial charge in [-0.1, -0.05) is 55.5 Å². The summed E-state index contributed by atoms with van der Waals surface area (Å²) in [6.45, 7) is 1.90. The van der Waals surface area contributed by atoms with Gasteiger partial charge in [-0.2, -0.15) is 0 Å². The van der Waals surface area contributed by atoms with E-state index in [0.717, 1.165) is 12.8 Å². The topological polar surface area (TPSA) is 98.0 Å². The van der Waals surface area contributed by atoms with Crippen molar-refractivity contribution in [1.82, 2.24) is 0 Å². The van der Waals surface area contributed by atoms with Gasteiger partial charge in [-0.15, -0.1) is 0 Å². The highest BCUT2D eigenvalue weighted by Crippen LogP contribution is 2.36. The monoisotopic (exact) mass is 378 g/mol. The summed E-state index contributed by atoms with van der Waals surface area (Å²) >= 11 is 0. The molecule has 4 N–H and O–H groups in total. The van der Waals surface area contributed by atoms with Crippen LogP contribution in [0.25, 0.3) is 0 Å². The Labute approximate surface area is 162 Å². The first-order valence-electron chi connectivity index (χ1n) is 9.85. The standard InChI is InChI=1S/C22H34O5/c1-2-17(23)14-15-19-18(20(24)16-21(19)25)12-10-8-6-4-3-5-7-9-11-13-22(26)27/h3-4,7-10,14-15,17-21,23-25H,2,5-6,11-13,16H2,1H3,(H,26,27)/b4-3-,9-7-,10-8-,15-14+/t17-,18+,19+,20-,21+/m1/s1. The Balaban J connectivity index is 2.34. The number of aliphatic hydroxyl groups is 3. The first-order valence-corrected chi connectivity index (χ1v) is 9.85. The molecule has 0 unspecified atom stereocenters. The zero-order valence-corrected chi connectivity index (χ0v) is 16.2. The van der Waals surface area contributed by atoms with Gasteiger partial charge in [0.15, 0.2) is 0 Å². The smallest absolute Gasteiger partial charge is 0.303 e. The largest absolute Gasteiger partial charge is 0.481 e. The number of carbonyl (C=O) groups is 1. The van der Waals surface area contributed by atoms with Crippen LogP contribution < -0.4 is 0 Å². The minimum absolute atomic E-state index is 0.0299. The molecule has 1 aliphatic rings. The second-order valence-electron chi connectivity index (χ2n) is 7.03. The average Bonchev–Trinajstić information content (AvgIpc) is 2.90. The fraction of sp³-hybridized carbons (Fsp3) is 0.591. The van der Waals surface area contributed by atoms with Crippen molar-refractivity contribution in [3.8, 4) is 0 Å². The summed E-state index contributed by atoms with van der Waals surface area (Å²) in [4.78, 5) is 10.4. The van der Waals surface area contributed by atoms with Crippen LogP contribution in [0.1, 0.15) is 51.9 Å². The average molecular weight is 379 g/mol. The van der Waals surface area contributed by atoms with Crippen molar-refractivity contribution in [2.45, 2.75) is 70.2 Å². The third-order valence-electron chi connectivity index (χ3n) is 4.87. The third-order valence-corrected chi connectivity index (χ3v) is 4.87. The van der Waals surface area contributed by atoms with Gasteiger partial charge in [-0.25, -0.2) is 0 Å². The molecule has 1 fully saturated rings. The molecular formula is C22H34O5. The predicted molar refractivity (Wildman–Crippen MR) is 107 cm³/mol. The van der Waals surface area contributed by atoms with Crippen molar-refractivity contribution in [2.75, 3.05) is 0 Å². The van der Waals surface area contributed by atoms with E-state index in [1.807, 2.05) is 49.5 Å². The van der Waals surface area contributed by atoms with E-state index in [-0.39, 0.29) is 18.3 Å². The quantitative estimate of drug-likeness (QED) is 0.390. The van der Waals surface area contributed by atoms with Crippen molar-refractivity contribution in [1.29, 1.82) is 0 Å². The Kier molecular flexibility index (Phi) is 11.7. The molecule has 0 radical (unpaired) electrons. The maximum absolute atomic E-state index is 10.4. The lowest BCUT2D eigenvalue weighted by Crippen LogP contribution is -2.20. The molecule has 5 heteroatoms. The molecule has 0 heterocycles. The van der Waals surface area contributed by atoms with Crippen LogP contribution in [-0.4, -0.2) is 44.7 Å². The maximum Gasteiger partial charge on any atom is 0.303 e. The van der Waals surface area contributed by atoms with Gasteiger partial charge in [0.2, 0.25) is 0 Å². The highest BCUT2D eigenvalue weighted by Gasteiger charge is 2.39. The molecule has 27 heavy (non-hydrogen) atoms. The molecule has 0 saturated heterocycles. The SMILES string of the molecule is CC[C@@H](O)/C=C/[C@H]1[C@H](C/C=C\C/C=C\C/C=C\CCC(=O)O)[C@H](O)C[C@@H]1O. The van der Waals surface area contributed by atoms with Gasteiger partial charge in [0.25, 0.3) is 0 Å². The minimum atomic E-state index is -0.778. The summed E-state index contributed by atoms with van der Waals surface area (Å²) in [6, 6.07) is 0. The molecule has 0 spiro atoms. The number of aliphatic hydroxyl groups excluding tert-OH is 3. The summed E-state index contributed by atoms with van der Waals surface area (Å²) in [5, 5.41) is 38.5. The molecule has 5 nitrogen and oxygen atoms in total. The molecule has 0 amide bonds. The van der Waals surface area contributed by atoms with Gasteiger partial charge in [-0.3, -0.25) is 4.79 Å². The van der Waals surface area contributed by atoms with E-state index in [0.29, 0.717) is 25.7 Å². The number of hydrogen-bond acceptors (Lipinski definition) is 4. The minimum Gasteiger partial charge on any atom is -0.481 e. The molecule has 0 bridgehead atoms. The Morgan fingerprint density at radius 2 is 1.67 bits per heavy atom. The summed E-state index contributed by atoms with van der Waals surface area (Å²) in [7, 11) is 0. The van der Waals surface area contributed by atoms with E-state index in [9.17, 15) is 20.1 Å². The van der Waals surface area contributed by atoms with Gasteiger partial charge < -0.3 is 20.4 Å². The number of hydrogen-bond donors (Lipinski definition) is 4. The molecule has 0 aromatic heterocycles. The van der Waals surface area contributed by atoms with E-state index in [4.69, 9.17) is 5.11 Å². The number of aliphatic carboxylic acids is 1. The van der Waals surface area contributed by atoms with E-state index < -0.39 is 24.3 Å². The van der Waals surface area contributed by atoms with Gasteiger partial charge in [0.1, 0.15) is 0 Å². The van der Waals surface area contributed by atoms with Crippen LogP contribution in [0.3, 0.4) is 0 Å². The van der Waals surface area contributed by atoms with Crippen molar-refractivity contribution >= 4 is 5.97 Å². The third kappa shape index (κ3) is 9.70. The molecule has 5 atom stereocenters. The van der Waals surface area contributed by atoms with E-state index in [1.54, 1.807) is 6.08 Å². The van der Waals surface area contributed by atoms with Gasteiger partial charge in [0.05, 0.1) is 18.3 Å². The van der Waals surface area contributed by atoms with Crippen LogP contribution in [0.15, 0.2) is 48.6 Å². The zero-order chi connectivity index (χ0) is 20.1. The van der Waals surface area contributed by atoms with Crippen molar-refractivity contribution < 1.29 is 25.2 Å². The predicted octanol–water partition coefficient (Wildman–Crippen LogP) is 3.38. The molecule has 0 aromatic rings. The van der Waals surface area contributed by atoms with E-state index in [2.05, 4.69) is 0 Å². The van der Waals surface area contributed by atoms with E-state index in [1.165, 1.54) is 0 Å². The number of allylic oxidation sites excluding steroid dienone is 6. The molecule has 0 aromatic carbocycles. The lowest BCUT2D eigenvalue weighted by molar-refractivity contribution is -0.136. The van der Waals surface area contributed by atoms with Gasteiger partial charge >= 0.3 is 5.97 Å². The molecule has 152 valence electrons. The number of carboxylic acid groups (broad SMARTS) is 1. The molecule has 1 aliphatic carbocycles. The van der Waals surface area contributed by atoms with Gasteiger partial charge in [-0.05, 0) is 38.0 Å². The van der Waals surface area contributed by atoms with Crippen molar-refractivity contribution in [3.63, 3.8) is 0 Å². The zero-order valence-electron chi connectivity index (χ0n) is 16.2. The summed E-state index contributed by atoms with van der Waals surface area (Å²) in [5.74, 6) is -0.936. The first-order chi connectivity index (χ1) is 13.0. The molecule has 1 rings (SSSR count). The summed E-state index contributed by atoms with van der Waals surface area (Å²) in [6.07, 6.45) is 18.0. The Morgan fingerprint density at radius 1 is 1.04 bits per heavy atom. The Bertz CT molecular complexity index is 535. The van der Waals surface area contributed by atoms with Crippen molar-refractivity contribution in [3.05, 3.63) is 48.6 Å². The lowest BCUT2D eigenvalue weighted by Gasteiger charge is -2.19. The second kappa shape index (κ2) is 13.5. The highest BCUT2D eigenvalue weighted by molar-refractivity contribution is 5.66. The first kappa shape index (κ1) is 23.3. The number of carboxylic acids is 1. The fourth-order valence-electron chi connectivity index (χ4n) is 3.22. The van der Waals surface area contributed by atoms with Crippen LogP contribution in [0.2, 0.25) is 0 Å². The summed E-state index contributed by atoms with van der Waals surface area (Å²) in [5.41, 5.74) is 0. The van der Waals surface area contributed by atoms with Crippen LogP contribution in [0.4, 0.5) is 0 Å². The lowest BCUT2D eigenvalue weighted by atomic mass is 9.89. The Hall–Kier alpha value is -1.69. The van der Waals surface area contributed by atoms with Crippen LogP contribution in [0, 0.1) is 11.8 Å². The number of rotatable bonds is 12. The van der Waals surface area contributed by atoms with Crippen LogP contribution in [-0.2, 0) is 4.79 Å². The van der Waals surface area contributed by atoms with E-state index >= 15 is 0 Å². The van der Waals surface area contributed by atoms with Gasteiger partial charge in [0, 0.05) is 18.8 Å². The Morgan fingerprint density at radius 3 is 2.30 bits per heavy atom. The fourth-order valence-corrected chi connectivity index (χ4v) is 3.22. The molecule has 1 saturated carbocycles. The molecular weight excluding hydrogens is 344 g/mol.